The molecule has 0 radical (unpaired) electrons. The average molecular weight is 380 g/mol. The summed E-state index contributed by atoms with van der Waals surface area (Å²) in [6.45, 7) is 6.58. The van der Waals surface area contributed by atoms with E-state index in [4.69, 9.17) is 25.4 Å². The van der Waals surface area contributed by atoms with Crippen molar-refractivity contribution in [3.63, 3.8) is 0 Å². The number of fused-ring (bicyclic) bond motifs is 1. The molecule has 1 aliphatic heterocycles. The van der Waals surface area contributed by atoms with E-state index in [-0.39, 0.29) is 6.04 Å². The summed E-state index contributed by atoms with van der Waals surface area (Å²) in [4.78, 5) is 17.0. The third kappa shape index (κ3) is 3.42. The second kappa shape index (κ2) is 7.75. The van der Waals surface area contributed by atoms with Crippen LogP contribution < -0.4 is 10.6 Å². The van der Waals surface area contributed by atoms with Crippen molar-refractivity contribution in [3.8, 4) is 11.4 Å². The van der Waals surface area contributed by atoms with Gasteiger partial charge in [-0.3, -0.25) is 0 Å². The van der Waals surface area contributed by atoms with Crippen molar-refractivity contribution >= 4 is 22.7 Å². The van der Waals surface area contributed by atoms with Gasteiger partial charge in [0.05, 0.1) is 19.3 Å². The van der Waals surface area contributed by atoms with Crippen LogP contribution in [0.3, 0.4) is 0 Å². The molecule has 0 saturated carbocycles. The van der Waals surface area contributed by atoms with Gasteiger partial charge in [0.25, 0.3) is 0 Å². The fraction of sp³-hybridized carbons (Fsp3) is 0.476. The molecule has 3 heterocycles. The zero-order valence-corrected chi connectivity index (χ0v) is 16.9. The van der Waals surface area contributed by atoms with Crippen molar-refractivity contribution in [3.05, 3.63) is 30.1 Å². The second-order valence-electron chi connectivity index (χ2n) is 7.47. The molecule has 2 aromatic heterocycles. The van der Waals surface area contributed by atoms with E-state index in [1.807, 2.05) is 24.3 Å². The first-order valence-corrected chi connectivity index (χ1v) is 10.0. The number of hydrogen-bond donors (Lipinski definition) is 1. The molecule has 1 saturated heterocycles. The van der Waals surface area contributed by atoms with Gasteiger partial charge in [-0.05, 0) is 37.6 Å². The molecule has 0 amide bonds. The number of anilines is 2. The van der Waals surface area contributed by atoms with Crippen molar-refractivity contribution < 1.29 is 4.74 Å². The first kappa shape index (κ1) is 18.7. The maximum atomic E-state index is 5.85. The summed E-state index contributed by atoms with van der Waals surface area (Å²) in [6, 6.07) is 7.93. The van der Waals surface area contributed by atoms with Crippen LogP contribution in [-0.4, -0.2) is 45.3 Å². The number of aromatic nitrogens is 4. The van der Waals surface area contributed by atoms with E-state index in [2.05, 4.69) is 30.4 Å². The molecule has 1 fully saturated rings. The number of hydrogen-bond acceptors (Lipinski definition) is 6. The second-order valence-corrected chi connectivity index (χ2v) is 7.47. The number of unbranched alkanes of at least 4 members (excludes halogenated alkanes) is 1. The summed E-state index contributed by atoms with van der Waals surface area (Å²) in [6.07, 6.45) is 3.19. The number of ether oxygens (including phenoxy) is 1. The Hall–Kier alpha value is -2.67. The highest BCUT2D eigenvalue weighted by Gasteiger charge is 2.26. The monoisotopic (exact) mass is 380 g/mol. The zero-order chi connectivity index (χ0) is 19.7. The minimum Gasteiger partial charge on any atom is -0.399 e. The quantitative estimate of drug-likeness (QED) is 0.685. The number of aryl methyl sites for hydroxylation is 2. The molecular weight excluding hydrogens is 352 g/mol. The van der Waals surface area contributed by atoms with Crippen molar-refractivity contribution in [2.45, 2.75) is 39.2 Å². The van der Waals surface area contributed by atoms with E-state index in [0.717, 1.165) is 59.9 Å². The maximum Gasteiger partial charge on any atom is 0.183 e. The van der Waals surface area contributed by atoms with Gasteiger partial charge in [0.2, 0.25) is 0 Å². The van der Waals surface area contributed by atoms with E-state index in [0.29, 0.717) is 19.0 Å². The van der Waals surface area contributed by atoms with Gasteiger partial charge < -0.3 is 19.9 Å². The lowest BCUT2D eigenvalue weighted by molar-refractivity contribution is 0.0986. The predicted molar refractivity (Wildman–Crippen MR) is 112 cm³/mol. The highest BCUT2D eigenvalue weighted by Crippen LogP contribution is 2.30. The van der Waals surface area contributed by atoms with Gasteiger partial charge >= 0.3 is 0 Å². The predicted octanol–water partition coefficient (Wildman–Crippen LogP) is 3.18. The van der Waals surface area contributed by atoms with Gasteiger partial charge in [0, 0.05) is 31.3 Å². The van der Waals surface area contributed by atoms with Gasteiger partial charge in [-0.1, -0.05) is 13.3 Å². The molecule has 1 aromatic carbocycles. The summed E-state index contributed by atoms with van der Waals surface area (Å²) < 4.78 is 7.80. The number of morpholine rings is 1. The SMILES string of the molecule is CCCCc1nc2nc(-c3ccc(N)cc3)nc(N3CCOC[C@@H]3C)c2n1C. The Morgan fingerprint density at radius 3 is 2.68 bits per heavy atom. The van der Waals surface area contributed by atoms with E-state index >= 15 is 0 Å². The number of imidazole rings is 1. The van der Waals surface area contributed by atoms with Gasteiger partial charge in [-0.2, -0.15) is 0 Å². The molecule has 7 nitrogen and oxygen atoms in total. The highest BCUT2D eigenvalue weighted by atomic mass is 16.5. The first-order chi connectivity index (χ1) is 13.6. The van der Waals surface area contributed by atoms with E-state index in [1.165, 1.54) is 0 Å². The number of nitrogen functional groups attached to an aromatic ring is 1. The van der Waals surface area contributed by atoms with Crippen molar-refractivity contribution in [2.75, 3.05) is 30.4 Å². The van der Waals surface area contributed by atoms with Crippen molar-refractivity contribution in [2.24, 2.45) is 7.05 Å². The Morgan fingerprint density at radius 2 is 1.96 bits per heavy atom. The Bertz CT molecular complexity index is 965. The molecule has 1 aliphatic rings. The average Bonchev–Trinajstić information content (AvgIpc) is 3.02. The number of nitrogens with two attached hydrogens (primary N) is 1. The van der Waals surface area contributed by atoms with E-state index in [9.17, 15) is 0 Å². The lowest BCUT2D eigenvalue weighted by atomic mass is 10.2. The molecule has 7 heteroatoms. The number of nitrogens with zero attached hydrogens (tertiary/aromatic N) is 5. The highest BCUT2D eigenvalue weighted by molar-refractivity contribution is 5.86. The summed E-state index contributed by atoms with van der Waals surface area (Å²) in [7, 11) is 2.07. The lowest BCUT2D eigenvalue weighted by Crippen LogP contribution is -2.44. The standard InChI is InChI=1S/C21H28N6O/c1-4-5-6-17-23-20-18(26(17)3)21(27-11-12-28-13-14(27)2)25-19(24-20)15-7-9-16(22)10-8-15/h7-10,14H,4-6,11-13,22H2,1-3H3/t14-/m0/s1. The fourth-order valence-electron chi connectivity index (χ4n) is 3.70. The summed E-state index contributed by atoms with van der Waals surface area (Å²) in [5.41, 5.74) is 9.28. The molecule has 2 N–H and O–H groups in total. The molecule has 4 rings (SSSR count). The summed E-state index contributed by atoms with van der Waals surface area (Å²) in [5, 5.41) is 0. The van der Waals surface area contributed by atoms with Gasteiger partial charge in [0.1, 0.15) is 11.3 Å². The Labute approximate surface area is 165 Å². The van der Waals surface area contributed by atoms with Crippen LogP contribution in [0.15, 0.2) is 24.3 Å². The summed E-state index contributed by atoms with van der Waals surface area (Å²) in [5.74, 6) is 2.68. The fourth-order valence-corrected chi connectivity index (χ4v) is 3.70. The molecule has 148 valence electrons. The van der Waals surface area contributed by atoms with Crippen LogP contribution >= 0.6 is 0 Å². The van der Waals surface area contributed by atoms with Crippen LogP contribution in [0.1, 0.15) is 32.5 Å². The van der Waals surface area contributed by atoms with Gasteiger partial charge in [-0.15, -0.1) is 0 Å². The van der Waals surface area contributed by atoms with Crippen LogP contribution in [0, 0.1) is 0 Å². The van der Waals surface area contributed by atoms with Crippen LogP contribution in [0.5, 0.6) is 0 Å². The third-order valence-corrected chi connectivity index (χ3v) is 5.37. The van der Waals surface area contributed by atoms with Crippen molar-refractivity contribution in [1.82, 2.24) is 19.5 Å². The summed E-state index contributed by atoms with van der Waals surface area (Å²) >= 11 is 0. The molecule has 0 bridgehead atoms. The van der Waals surface area contributed by atoms with Crippen LogP contribution in [0.4, 0.5) is 11.5 Å². The molecule has 0 aliphatic carbocycles. The van der Waals surface area contributed by atoms with Crippen LogP contribution in [-0.2, 0) is 18.2 Å². The Morgan fingerprint density at radius 1 is 1.18 bits per heavy atom. The molecule has 0 spiro atoms. The minimum absolute atomic E-state index is 0.250. The number of benzene rings is 1. The largest absolute Gasteiger partial charge is 0.399 e. The Balaban J connectivity index is 1.89. The third-order valence-electron chi connectivity index (χ3n) is 5.37. The van der Waals surface area contributed by atoms with E-state index in [1.54, 1.807) is 0 Å². The van der Waals surface area contributed by atoms with Gasteiger partial charge in [0.15, 0.2) is 17.3 Å². The zero-order valence-electron chi connectivity index (χ0n) is 16.9. The smallest absolute Gasteiger partial charge is 0.183 e. The maximum absolute atomic E-state index is 5.85. The molecular formula is C21H28N6O. The minimum atomic E-state index is 0.250. The van der Waals surface area contributed by atoms with Crippen molar-refractivity contribution in [1.29, 1.82) is 0 Å². The Kier molecular flexibility index (Phi) is 5.17. The van der Waals surface area contributed by atoms with E-state index < -0.39 is 0 Å². The van der Waals surface area contributed by atoms with Crippen LogP contribution in [0.25, 0.3) is 22.6 Å². The molecule has 0 unspecified atom stereocenters. The molecule has 1 atom stereocenters. The first-order valence-electron chi connectivity index (χ1n) is 10.0. The normalized spacial score (nSPS) is 17.4. The topological polar surface area (TPSA) is 82.1 Å². The lowest BCUT2D eigenvalue weighted by Gasteiger charge is -2.34. The van der Waals surface area contributed by atoms with Gasteiger partial charge in [-0.25, -0.2) is 15.0 Å². The van der Waals surface area contributed by atoms with Crippen LogP contribution in [0.2, 0.25) is 0 Å². The number of rotatable bonds is 5. The molecule has 3 aromatic rings. The molecule has 28 heavy (non-hydrogen) atoms.